The van der Waals surface area contributed by atoms with E-state index in [1.165, 1.54) is 0 Å². The van der Waals surface area contributed by atoms with Gasteiger partial charge in [-0.2, -0.15) is 0 Å². The molecule has 0 radical (unpaired) electrons. The van der Waals surface area contributed by atoms with Gasteiger partial charge in [0, 0.05) is 18.5 Å². The molecule has 1 aromatic heterocycles. The summed E-state index contributed by atoms with van der Waals surface area (Å²) in [6.45, 7) is 1.20. The van der Waals surface area contributed by atoms with Crippen LogP contribution in [0.25, 0.3) is 10.9 Å². The van der Waals surface area contributed by atoms with Crippen molar-refractivity contribution >= 4 is 16.7 Å². The summed E-state index contributed by atoms with van der Waals surface area (Å²) in [6, 6.07) is 19.3. The minimum atomic E-state index is 0.0489. The number of aliphatic hydroxyl groups is 1. The van der Waals surface area contributed by atoms with Crippen molar-refractivity contribution in [2.45, 2.75) is 6.54 Å². The Bertz CT molecular complexity index is 759. The number of nitrogens with zero attached hydrogens (tertiary/aromatic N) is 2. The molecule has 3 aromatic rings. The number of pyridine rings is 1. The standard InChI is InChI=1S/C18H18N2O2/c21-12-11-20(13-14-5-2-1-3-6-14)17-10-9-15-7-4-8-16(22)18(15)19-17/h1-10,21-22H,11-13H2. The number of benzene rings is 2. The third-order valence-corrected chi connectivity index (χ3v) is 3.59. The second-order valence-electron chi connectivity index (χ2n) is 5.15. The van der Waals surface area contributed by atoms with E-state index in [0.29, 0.717) is 18.6 Å². The van der Waals surface area contributed by atoms with Crippen molar-refractivity contribution in [2.75, 3.05) is 18.1 Å². The average molecular weight is 294 g/mol. The van der Waals surface area contributed by atoms with Crippen molar-refractivity contribution in [3.63, 3.8) is 0 Å². The predicted molar refractivity (Wildman–Crippen MR) is 88.0 cm³/mol. The van der Waals surface area contributed by atoms with Gasteiger partial charge in [-0.1, -0.05) is 42.5 Å². The Morgan fingerprint density at radius 2 is 1.73 bits per heavy atom. The zero-order valence-electron chi connectivity index (χ0n) is 12.2. The number of hydrogen-bond donors (Lipinski definition) is 2. The van der Waals surface area contributed by atoms with Crippen LogP contribution in [0.2, 0.25) is 0 Å². The summed E-state index contributed by atoms with van der Waals surface area (Å²) in [5, 5.41) is 20.2. The van der Waals surface area contributed by atoms with E-state index in [2.05, 4.69) is 4.98 Å². The molecule has 0 unspecified atom stereocenters. The first-order chi connectivity index (χ1) is 10.8. The third-order valence-electron chi connectivity index (χ3n) is 3.59. The van der Waals surface area contributed by atoms with Gasteiger partial charge in [0.25, 0.3) is 0 Å². The largest absolute Gasteiger partial charge is 0.506 e. The van der Waals surface area contributed by atoms with Crippen LogP contribution in [0.15, 0.2) is 60.7 Å². The monoisotopic (exact) mass is 294 g/mol. The fraction of sp³-hybridized carbons (Fsp3) is 0.167. The Morgan fingerprint density at radius 1 is 0.909 bits per heavy atom. The maximum atomic E-state index is 9.97. The van der Waals surface area contributed by atoms with E-state index in [1.54, 1.807) is 12.1 Å². The molecule has 0 aliphatic rings. The van der Waals surface area contributed by atoms with Crippen molar-refractivity contribution in [3.8, 4) is 5.75 Å². The molecule has 2 N–H and O–H groups in total. The number of fused-ring (bicyclic) bond motifs is 1. The second kappa shape index (κ2) is 6.45. The Labute approximate surface area is 129 Å². The van der Waals surface area contributed by atoms with Crippen LogP contribution in [0.5, 0.6) is 5.75 Å². The van der Waals surface area contributed by atoms with Crippen LogP contribution in [0, 0.1) is 0 Å². The zero-order valence-corrected chi connectivity index (χ0v) is 12.2. The molecule has 0 atom stereocenters. The molecule has 22 heavy (non-hydrogen) atoms. The van der Waals surface area contributed by atoms with Gasteiger partial charge in [-0.15, -0.1) is 0 Å². The van der Waals surface area contributed by atoms with E-state index < -0.39 is 0 Å². The van der Waals surface area contributed by atoms with Gasteiger partial charge in [-0.05, 0) is 23.8 Å². The summed E-state index contributed by atoms with van der Waals surface area (Å²) in [4.78, 5) is 6.56. The number of aliphatic hydroxyl groups excluding tert-OH is 1. The second-order valence-corrected chi connectivity index (χ2v) is 5.15. The summed E-state index contributed by atoms with van der Waals surface area (Å²) in [5.74, 6) is 0.912. The molecule has 4 heteroatoms. The summed E-state index contributed by atoms with van der Waals surface area (Å²) < 4.78 is 0. The molecular weight excluding hydrogens is 276 g/mol. The highest BCUT2D eigenvalue weighted by molar-refractivity contribution is 5.85. The number of rotatable bonds is 5. The van der Waals surface area contributed by atoms with E-state index in [4.69, 9.17) is 0 Å². The molecule has 0 spiro atoms. The molecule has 0 saturated heterocycles. The maximum absolute atomic E-state index is 9.97. The van der Waals surface area contributed by atoms with Gasteiger partial charge in [0.2, 0.25) is 0 Å². The summed E-state index contributed by atoms with van der Waals surface area (Å²) in [6.07, 6.45) is 0. The van der Waals surface area contributed by atoms with Gasteiger partial charge in [-0.3, -0.25) is 0 Å². The lowest BCUT2D eigenvalue weighted by Crippen LogP contribution is -2.26. The Morgan fingerprint density at radius 3 is 2.50 bits per heavy atom. The number of anilines is 1. The third kappa shape index (κ3) is 3.02. The van der Waals surface area contributed by atoms with Gasteiger partial charge in [0.1, 0.15) is 17.1 Å². The number of para-hydroxylation sites is 1. The molecule has 0 fully saturated rings. The molecule has 3 rings (SSSR count). The highest BCUT2D eigenvalue weighted by atomic mass is 16.3. The van der Waals surface area contributed by atoms with E-state index in [9.17, 15) is 10.2 Å². The van der Waals surface area contributed by atoms with Gasteiger partial charge in [0.15, 0.2) is 0 Å². The van der Waals surface area contributed by atoms with Crippen LogP contribution in [0.1, 0.15) is 5.56 Å². The van der Waals surface area contributed by atoms with Gasteiger partial charge >= 0.3 is 0 Å². The van der Waals surface area contributed by atoms with Crippen LogP contribution < -0.4 is 4.90 Å². The summed E-state index contributed by atoms with van der Waals surface area (Å²) >= 11 is 0. The molecule has 0 aliphatic carbocycles. The van der Waals surface area contributed by atoms with Gasteiger partial charge in [-0.25, -0.2) is 4.98 Å². The van der Waals surface area contributed by atoms with Crippen LogP contribution >= 0.6 is 0 Å². The van der Waals surface area contributed by atoms with Crippen molar-refractivity contribution in [1.29, 1.82) is 0 Å². The number of aromatic hydroxyl groups is 1. The number of phenolic OH excluding ortho intramolecular Hbond substituents is 1. The predicted octanol–water partition coefficient (Wildman–Crippen LogP) is 2.94. The highest BCUT2D eigenvalue weighted by Crippen LogP contribution is 2.25. The molecule has 0 bridgehead atoms. The summed E-state index contributed by atoms with van der Waals surface area (Å²) in [7, 11) is 0. The first-order valence-corrected chi connectivity index (χ1v) is 7.26. The molecule has 1 heterocycles. The van der Waals surface area contributed by atoms with Crippen LogP contribution in [-0.2, 0) is 6.54 Å². The fourth-order valence-electron chi connectivity index (χ4n) is 2.50. The van der Waals surface area contributed by atoms with Crippen LogP contribution in [-0.4, -0.2) is 28.3 Å². The topological polar surface area (TPSA) is 56.6 Å². The number of aromatic nitrogens is 1. The first-order valence-electron chi connectivity index (χ1n) is 7.26. The van der Waals surface area contributed by atoms with E-state index >= 15 is 0 Å². The fourth-order valence-corrected chi connectivity index (χ4v) is 2.50. The average Bonchev–Trinajstić information content (AvgIpc) is 2.56. The van der Waals surface area contributed by atoms with Crippen LogP contribution in [0.4, 0.5) is 5.82 Å². The molecule has 0 amide bonds. The minimum Gasteiger partial charge on any atom is -0.506 e. The molecule has 0 aliphatic heterocycles. The van der Waals surface area contributed by atoms with Crippen molar-refractivity contribution in [1.82, 2.24) is 4.98 Å². The zero-order chi connectivity index (χ0) is 15.4. The van der Waals surface area contributed by atoms with Crippen molar-refractivity contribution in [2.24, 2.45) is 0 Å². The number of hydrogen-bond acceptors (Lipinski definition) is 4. The first kappa shape index (κ1) is 14.4. The van der Waals surface area contributed by atoms with E-state index in [0.717, 1.165) is 16.8 Å². The molecule has 4 nitrogen and oxygen atoms in total. The maximum Gasteiger partial charge on any atom is 0.141 e. The van der Waals surface area contributed by atoms with Gasteiger partial charge < -0.3 is 15.1 Å². The lowest BCUT2D eigenvalue weighted by Gasteiger charge is -2.23. The Hall–Kier alpha value is -2.59. The molecule has 2 aromatic carbocycles. The number of phenols is 1. The molecule has 0 saturated carbocycles. The van der Waals surface area contributed by atoms with E-state index in [1.807, 2.05) is 53.4 Å². The summed E-state index contributed by atoms with van der Waals surface area (Å²) in [5.41, 5.74) is 1.73. The Balaban J connectivity index is 1.95. The van der Waals surface area contributed by atoms with Crippen LogP contribution in [0.3, 0.4) is 0 Å². The SMILES string of the molecule is OCCN(Cc1ccccc1)c1ccc2cccc(O)c2n1. The quantitative estimate of drug-likeness (QED) is 0.759. The van der Waals surface area contributed by atoms with Gasteiger partial charge in [0.05, 0.1) is 6.61 Å². The lowest BCUT2D eigenvalue weighted by molar-refractivity contribution is 0.301. The minimum absolute atomic E-state index is 0.0489. The normalized spacial score (nSPS) is 10.8. The molecular formula is C18H18N2O2. The Kier molecular flexibility index (Phi) is 4.21. The van der Waals surface area contributed by atoms with E-state index in [-0.39, 0.29) is 12.4 Å². The van der Waals surface area contributed by atoms with Crippen molar-refractivity contribution in [3.05, 3.63) is 66.2 Å². The lowest BCUT2D eigenvalue weighted by atomic mass is 10.2. The smallest absolute Gasteiger partial charge is 0.141 e. The highest BCUT2D eigenvalue weighted by Gasteiger charge is 2.10. The van der Waals surface area contributed by atoms with Crippen molar-refractivity contribution < 1.29 is 10.2 Å². The molecule has 112 valence electrons.